The van der Waals surface area contributed by atoms with E-state index in [4.69, 9.17) is 4.74 Å². The lowest BCUT2D eigenvalue weighted by atomic mass is 9.80. The van der Waals surface area contributed by atoms with Gasteiger partial charge in [-0.15, -0.1) is 0 Å². The molecule has 13 heavy (non-hydrogen) atoms. The van der Waals surface area contributed by atoms with Crippen molar-refractivity contribution in [3.05, 3.63) is 27.3 Å². The number of hydrogen-bond donors (Lipinski definition) is 0. The number of benzene rings is 1. The van der Waals surface area contributed by atoms with Crippen LogP contribution in [0.4, 0.5) is 0 Å². The van der Waals surface area contributed by atoms with E-state index in [-0.39, 0.29) is 5.41 Å². The van der Waals surface area contributed by atoms with Crippen LogP contribution in [0.2, 0.25) is 0 Å². The summed E-state index contributed by atoms with van der Waals surface area (Å²) in [6.45, 7) is 5.41. The molecule has 0 atom stereocenters. The van der Waals surface area contributed by atoms with Gasteiger partial charge < -0.3 is 4.74 Å². The maximum Gasteiger partial charge on any atom is 0.136 e. The first kappa shape index (κ1) is 9.31. The van der Waals surface area contributed by atoms with Crippen molar-refractivity contribution >= 4 is 22.6 Å². The van der Waals surface area contributed by atoms with Crippen molar-refractivity contribution < 1.29 is 4.74 Å². The minimum Gasteiger partial charge on any atom is -0.492 e. The molecule has 0 bridgehead atoms. The van der Waals surface area contributed by atoms with Crippen LogP contribution in [0.1, 0.15) is 25.8 Å². The molecule has 1 aliphatic heterocycles. The maximum atomic E-state index is 5.68. The van der Waals surface area contributed by atoms with Crippen LogP contribution in [0, 0.1) is 3.57 Å². The third-order valence-corrected chi connectivity index (χ3v) is 3.52. The Morgan fingerprint density at radius 3 is 2.85 bits per heavy atom. The third kappa shape index (κ3) is 1.56. The van der Waals surface area contributed by atoms with Gasteiger partial charge in [0.15, 0.2) is 0 Å². The molecular formula is C11H13IO. The van der Waals surface area contributed by atoms with Gasteiger partial charge in [0, 0.05) is 5.56 Å². The first-order valence-corrected chi connectivity index (χ1v) is 5.61. The minimum absolute atomic E-state index is 0.273. The van der Waals surface area contributed by atoms with E-state index in [1.165, 1.54) is 9.13 Å². The summed E-state index contributed by atoms with van der Waals surface area (Å²) in [5, 5.41) is 0. The zero-order valence-electron chi connectivity index (χ0n) is 7.93. The van der Waals surface area contributed by atoms with E-state index >= 15 is 0 Å². The van der Waals surface area contributed by atoms with Crippen LogP contribution < -0.4 is 4.74 Å². The van der Waals surface area contributed by atoms with Gasteiger partial charge in [-0.05, 0) is 40.5 Å². The molecule has 1 nitrogen and oxygen atoms in total. The van der Waals surface area contributed by atoms with Crippen molar-refractivity contribution in [1.29, 1.82) is 0 Å². The Balaban J connectivity index is 2.58. The van der Waals surface area contributed by atoms with Gasteiger partial charge in [0.05, 0.1) is 10.2 Å². The summed E-state index contributed by atoms with van der Waals surface area (Å²) in [5.41, 5.74) is 1.63. The summed E-state index contributed by atoms with van der Waals surface area (Å²) < 4.78 is 6.91. The zero-order valence-corrected chi connectivity index (χ0v) is 10.1. The van der Waals surface area contributed by atoms with E-state index in [1.54, 1.807) is 0 Å². The summed E-state index contributed by atoms with van der Waals surface area (Å²) in [5.74, 6) is 1.10. The summed E-state index contributed by atoms with van der Waals surface area (Å²) in [6.07, 6.45) is 1.11. The zero-order chi connectivity index (χ0) is 9.47. The van der Waals surface area contributed by atoms with E-state index < -0.39 is 0 Å². The average Bonchev–Trinajstić information content (AvgIpc) is 2.06. The topological polar surface area (TPSA) is 9.23 Å². The van der Waals surface area contributed by atoms with Gasteiger partial charge in [0.25, 0.3) is 0 Å². The number of fused-ring (bicyclic) bond motifs is 1. The molecule has 0 aliphatic carbocycles. The lowest BCUT2D eigenvalue weighted by Crippen LogP contribution is -2.26. The predicted molar refractivity (Wildman–Crippen MR) is 62.3 cm³/mol. The van der Waals surface area contributed by atoms with Crippen LogP contribution in [-0.2, 0) is 5.41 Å². The molecule has 0 saturated heterocycles. The molecule has 70 valence electrons. The smallest absolute Gasteiger partial charge is 0.136 e. The van der Waals surface area contributed by atoms with Gasteiger partial charge in [0.1, 0.15) is 5.75 Å². The van der Waals surface area contributed by atoms with E-state index in [9.17, 15) is 0 Å². The fraction of sp³-hybridized carbons (Fsp3) is 0.455. The summed E-state index contributed by atoms with van der Waals surface area (Å²) in [4.78, 5) is 0. The molecule has 0 aromatic heterocycles. The van der Waals surface area contributed by atoms with E-state index in [0.717, 1.165) is 18.8 Å². The summed E-state index contributed by atoms with van der Waals surface area (Å²) >= 11 is 2.33. The van der Waals surface area contributed by atoms with Crippen molar-refractivity contribution in [2.45, 2.75) is 25.7 Å². The average molecular weight is 288 g/mol. The molecule has 0 N–H and O–H groups in total. The molecule has 0 radical (unpaired) electrons. The van der Waals surface area contributed by atoms with Gasteiger partial charge >= 0.3 is 0 Å². The first-order valence-electron chi connectivity index (χ1n) is 4.53. The number of para-hydroxylation sites is 1. The highest BCUT2D eigenvalue weighted by molar-refractivity contribution is 14.1. The largest absolute Gasteiger partial charge is 0.492 e. The Bertz CT molecular complexity index is 331. The van der Waals surface area contributed by atoms with Gasteiger partial charge in [-0.1, -0.05) is 26.0 Å². The van der Waals surface area contributed by atoms with Crippen molar-refractivity contribution in [3.8, 4) is 5.75 Å². The monoisotopic (exact) mass is 288 g/mol. The molecule has 0 saturated carbocycles. The predicted octanol–water partition coefficient (Wildman–Crippen LogP) is 3.35. The molecule has 0 spiro atoms. The fourth-order valence-corrected chi connectivity index (χ4v) is 2.39. The number of hydrogen-bond acceptors (Lipinski definition) is 1. The third-order valence-electron chi connectivity index (χ3n) is 2.67. The molecule has 2 rings (SSSR count). The van der Waals surface area contributed by atoms with Crippen LogP contribution >= 0.6 is 22.6 Å². The van der Waals surface area contributed by atoms with Crippen molar-refractivity contribution in [3.63, 3.8) is 0 Å². The summed E-state index contributed by atoms with van der Waals surface area (Å²) in [7, 11) is 0. The molecule has 2 heteroatoms. The standard InChI is InChI=1S/C11H13IO/c1-11(2)6-7-13-10-8(11)4-3-5-9(10)12/h3-5H,6-7H2,1-2H3. The van der Waals surface area contributed by atoms with Gasteiger partial charge in [-0.25, -0.2) is 0 Å². The Morgan fingerprint density at radius 2 is 2.15 bits per heavy atom. The highest BCUT2D eigenvalue weighted by Crippen LogP contribution is 2.40. The number of halogens is 1. The van der Waals surface area contributed by atoms with E-state index in [1.807, 2.05) is 0 Å². The van der Waals surface area contributed by atoms with Crippen LogP contribution in [0.15, 0.2) is 18.2 Å². The van der Waals surface area contributed by atoms with Crippen LogP contribution in [0.25, 0.3) is 0 Å². The molecule has 0 amide bonds. The molecule has 0 fully saturated rings. The minimum atomic E-state index is 0.273. The van der Waals surface area contributed by atoms with Gasteiger partial charge in [-0.2, -0.15) is 0 Å². The Labute approximate surface area is 92.6 Å². The van der Waals surface area contributed by atoms with Crippen LogP contribution in [-0.4, -0.2) is 6.61 Å². The Morgan fingerprint density at radius 1 is 1.38 bits per heavy atom. The highest BCUT2D eigenvalue weighted by Gasteiger charge is 2.29. The quantitative estimate of drug-likeness (QED) is 0.665. The fourth-order valence-electron chi connectivity index (χ4n) is 1.73. The molecular weight excluding hydrogens is 275 g/mol. The van der Waals surface area contributed by atoms with Gasteiger partial charge in [-0.3, -0.25) is 0 Å². The number of ether oxygens (including phenoxy) is 1. The lowest BCUT2D eigenvalue weighted by molar-refractivity contribution is 0.232. The summed E-state index contributed by atoms with van der Waals surface area (Å²) in [6, 6.07) is 6.38. The van der Waals surface area contributed by atoms with Gasteiger partial charge in [0.2, 0.25) is 0 Å². The SMILES string of the molecule is CC1(C)CCOc2c(I)cccc21. The molecule has 1 aromatic carbocycles. The first-order chi connectivity index (χ1) is 6.11. The Hall–Kier alpha value is -0.250. The van der Waals surface area contributed by atoms with E-state index in [0.29, 0.717) is 0 Å². The van der Waals surface area contributed by atoms with Crippen molar-refractivity contribution in [1.82, 2.24) is 0 Å². The second-order valence-corrected chi connectivity index (χ2v) is 5.26. The Kier molecular flexibility index (Phi) is 2.26. The van der Waals surface area contributed by atoms with Crippen molar-refractivity contribution in [2.24, 2.45) is 0 Å². The highest BCUT2D eigenvalue weighted by atomic mass is 127. The maximum absolute atomic E-state index is 5.68. The van der Waals surface area contributed by atoms with Crippen LogP contribution in [0.5, 0.6) is 5.75 Å². The van der Waals surface area contributed by atoms with Crippen molar-refractivity contribution in [2.75, 3.05) is 6.61 Å². The molecule has 1 heterocycles. The second kappa shape index (κ2) is 3.15. The molecule has 1 aromatic rings. The normalized spacial score (nSPS) is 19.0. The van der Waals surface area contributed by atoms with Crippen LogP contribution in [0.3, 0.4) is 0 Å². The molecule has 1 aliphatic rings. The van der Waals surface area contributed by atoms with E-state index in [2.05, 4.69) is 54.6 Å². The second-order valence-electron chi connectivity index (χ2n) is 4.10. The number of rotatable bonds is 0. The lowest BCUT2D eigenvalue weighted by Gasteiger charge is -2.32. The molecule has 0 unspecified atom stereocenters.